The molecule has 2 aromatic rings. The lowest BCUT2D eigenvalue weighted by Gasteiger charge is -2.27. The SMILES string of the molecule is CCCCOc1ccc(/C(O)=C2\C(=O)C(=O)N(CCN(C)C)[C@@H]2c2ccc(OC)cc2OC)cc1. The second-order valence-electron chi connectivity index (χ2n) is 8.63. The number of aliphatic hydroxyl groups is 1. The summed E-state index contributed by atoms with van der Waals surface area (Å²) >= 11 is 0. The fourth-order valence-electron chi connectivity index (χ4n) is 3.98. The number of likely N-dealkylation sites (N-methyl/N-ethyl adjacent to an activating group) is 1. The van der Waals surface area contributed by atoms with Crippen molar-refractivity contribution in [1.29, 1.82) is 0 Å². The molecule has 2 aromatic carbocycles. The normalized spacial score (nSPS) is 17.2. The molecule has 1 aliphatic rings. The second-order valence-corrected chi connectivity index (χ2v) is 8.63. The summed E-state index contributed by atoms with van der Waals surface area (Å²) in [5.41, 5.74) is 1.04. The molecule has 8 nitrogen and oxygen atoms in total. The second kappa shape index (κ2) is 11.8. The number of likely N-dealkylation sites (tertiary alicyclic amines) is 1. The molecule has 0 aromatic heterocycles. The maximum absolute atomic E-state index is 13.2. The number of ether oxygens (including phenoxy) is 3. The van der Waals surface area contributed by atoms with E-state index in [9.17, 15) is 14.7 Å². The average Bonchev–Trinajstić information content (AvgIpc) is 3.11. The molecule has 0 bridgehead atoms. The topological polar surface area (TPSA) is 88.5 Å². The van der Waals surface area contributed by atoms with E-state index in [-0.39, 0.29) is 11.3 Å². The van der Waals surface area contributed by atoms with E-state index in [1.54, 1.807) is 49.6 Å². The molecule has 0 radical (unpaired) electrons. The van der Waals surface area contributed by atoms with E-state index in [0.717, 1.165) is 12.8 Å². The van der Waals surface area contributed by atoms with Crippen molar-refractivity contribution in [1.82, 2.24) is 9.80 Å². The van der Waals surface area contributed by atoms with Crippen molar-refractivity contribution in [2.75, 3.05) is 48.0 Å². The Hall–Kier alpha value is -3.52. The Bertz CT molecular complexity index is 1080. The Morgan fingerprint density at radius 3 is 2.31 bits per heavy atom. The first-order valence-electron chi connectivity index (χ1n) is 11.7. The number of methoxy groups -OCH3 is 2. The Morgan fingerprint density at radius 2 is 1.71 bits per heavy atom. The smallest absolute Gasteiger partial charge is 0.295 e. The minimum atomic E-state index is -0.809. The lowest BCUT2D eigenvalue weighted by molar-refractivity contribution is -0.140. The molecule has 35 heavy (non-hydrogen) atoms. The number of amides is 1. The van der Waals surface area contributed by atoms with E-state index in [1.807, 2.05) is 19.0 Å². The molecular formula is C27H34N2O6. The predicted molar refractivity (Wildman–Crippen MR) is 134 cm³/mol. The van der Waals surface area contributed by atoms with Gasteiger partial charge in [0.1, 0.15) is 23.0 Å². The minimum absolute atomic E-state index is 0.0249. The third-order valence-electron chi connectivity index (χ3n) is 5.96. The number of Topliss-reactive ketones (excluding diaryl/α,β-unsaturated/α-hetero) is 1. The van der Waals surface area contributed by atoms with Crippen molar-refractivity contribution in [2.24, 2.45) is 0 Å². The maximum atomic E-state index is 13.2. The van der Waals surface area contributed by atoms with Gasteiger partial charge in [0, 0.05) is 30.3 Å². The van der Waals surface area contributed by atoms with Gasteiger partial charge in [0.15, 0.2) is 0 Å². The summed E-state index contributed by atoms with van der Waals surface area (Å²) in [4.78, 5) is 29.7. The van der Waals surface area contributed by atoms with Gasteiger partial charge in [0.2, 0.25) is 0 Å². The number of rotatable bonds is 11. The quantitative estimate of drug-likeness (QED) is 0.225. The van der Waals surface area contributed by atoms with Gasteiger partial charge in [-0.2, -0.15) is 0 Å². The van der Waals surface area contributed by atoms with Crippen LogP contribution in [0.15, 0.2) is 48.0 Å². The van der Waals surface area contributed by atoms with Gasteiger partial charge in [0.05, 0.1) is 32.4 Å². The fourth-order valence-corrected chi connectivity index (χ4v) is 3.98. The summed E-state index contributed by atoms with van der Waals surface area (Å²) in [6.07, 6.45) is 1.98. The van der Waals surface area contributed by atoms with Crippen LogP contribution in [0.2, 0.25) is 0 Å². The van der Waals surface area contributed by atoms with Crippen molar-refractivity contribution >= 4 is 17.4 Å². The lowest BCUT2D eigenvalue weighted by atomic mass is 9.94. The number of hydrogen-bond donors (Lipinski definition) is 1. The number of benzene rings is 2. The predicted octanol–water partition coefficient (Wildman–Crippen LogP) is 3.87. The lowest BCUT2D eigenvalue weighted by Crippen LogP contribution is -2.35. The largest absolute Gasteiger partial charge is 0.507 e. The monoisotopic (exact) mass is 482 g/mol. The third-order valence-corrected chi connectivity index (χ3v) is 5.96. The van der Waals surface area contributed by atoms with Crippen LogP contribution >= 0.6 is 0 Å². The maximum Gasteiger partial charge on any atom is 0.295 e. The molecule has 0 unspecified atom stereocenters. The number of carbonyl (C=O) groups is 2. The van der Waals surface area contributed by atoms with Crippen molar-refractivity contribution in [2.45, 2.75) is 25.8 Å². The van der Waals surface area contributed by atoms with E-state index in [0.29, 0.717) is 48.1 Å². The number of nitrogens with zero attached hydrogens (tertiary/aromatic N) is 2. The van der Waals surface area contributed by atoms with Gasteiger partial charge in [-0.25, -0.2) is 0 Å². The van der Waals surface area contributed by atoms with E-state index < -0.39 is 17.7 Å². The highest BCUT2D eigenvalue weighted by Gasteiger charge is 2.47. The molecule has 1 N–H and O–H groups in total. The van der Waals surface area contributed by atoms with Crippen molar-refractivity contribution in [3.63, 3.8) is 0 Å². The molecule has 1 saturated heterocycles. The zero-order chi connectivity index (χ0) is 25.5. The molecule has 0 aliphatic carbocycles. The van der Waals surface area contributed by atoms with Crippen LogP contribution in [-0.4, -0.2) is 74.6 Å². The molecule has 0 spiro atoms. The highest BCUT2D eigenvalue weighted by molar-refractivity contribution is 6.46. The van der Waals surface area contributed by atoms with Crippen LogP contribution in [0.25, 0.3) is 5.76 Å². The zero-order valence-corrected chi connectivity index (χ0v) is 21.0. The Labute approximate surface area is 206 Å². The van der Waals surface area contributed by atoms with Gasteiger partial charge in [-0.1, -0.05) is 13.3 Å². The number of hydrogen-bond acceptors (Lipinski definition) is 7. The number of ketones is 1. The number of carbonyl (C=O) groups excluding carboxylic acids is 2. The first-order valence-corrected chi connectivity index (χ1v) is 11.7. The molecule has 0 saturated carbocycles. The van der Waals surface area contributed by atoms with Gasteiger partial charge in [-0.15, -0.1) is 0 Å². The number of aliphatic hydroxyl groups excluding tert-OH is 1. The van der Waals surface area contributed by atoms with Gasteiger partial charge in [0.25, 0.3) is 11.7 Å². The Balaban J connectivity index is 2.09. The molecule has 1 amide bonds. The van der Waals surface area contributed by atoms with Gasteiger partial charge in [-0.3, -0.25) is 9.59 Å². The van der Waals surface area contributed by atoms with Crippen LogP contribution < -0.4 is 14.2 Å². The minimum Gasteiger partial charge on any atom is -0.507 e. The van der Waals surface area contributed by atoms with Crippen LogP contribution in [0.5, 0.6) is 17.2 Å². The summed E-state index contributed by atoms with van der Waals surface area (Å²) in [7, 11) is 6.85. The van der Waals surface area contributed by atoms with Gasteiger partial charge < -0.3 is 29.1 Å². The third kappa shape index (κ3) is 5.77. The highest BCUT2D eigenvalue weighted by Crippen LogP contribution is 2.43. The van der Waals surface area contributed by atoms with Crippen LogP contribution in [0, 0.1) is 0 Å². The number of unbranched alkanes of at least 4 members (excludes halogenated alkanes) is 1. The first-order chi connectivity index (χ1) is 16.8. The van der Waals surface area contributed by atoms with Crippen molar-refractivity contribution in [3.05, 3.63) is 59.2 Å². The van der Waals surface area contributed by atoms with Crippen LogP contribution in [0.3, 0.4) is 0 Å². The van der Waals surface area contributed by atoms with E-state index in [4.69, 9.17) is 14.2 Å². The molecule has 1 aliphatic heterocycles. The Morgan fingerprint density at radius 1 is 1.03 bits per heavy atom. The standard InChI is InChI=1S/C27H34N2O6/c1-6-7-16-35-19-10-8-18(9-11-19)25(30)23-24(21-13-12-20(33-4)17-22(21)34-5)29(15-14-28(2)3)27(32)26(23)31/h8-13,17,24,30H,6-7,14-16H2,1-5H3/b25-23+/t24-/m1/s1. The van der Waals surface area contributed by atoms with E-state index in [1.165, 1.54) is 12.0 Å². The summed E-state index contributed by atoms with van der Waals surface area (Å²) in [6.45, 7) is 3.55. The van der Waals surface area contributed by atoms with E-state index >= 15 is 0 Å². The first kappa shape index (κ1) is 26.1. The molecule has 3 rings (SSSR count). The molecule has 1 atom stereocenters. The molecule has 188 valence electrons. The molecule has 8 heteroatoms. The van der Waals surface area contributed by atoms with Crippen LogP contribution in [-0.2, 0) is 9.59 Å². The molecule has 1 heterocycles. The summed E-state index contributed by atoms with van der Waals surface area (Å²) in [5, 5.41) is 11.3. The van der Waals surface area contributed by atoms with E-state index in [2.05, 4.69) is 6.92 Å². The van der Waals surface area contributed by atoms with Crippen LogP contribution in [0.4, 0.5) is 0 Å². The summed E-state index contributed by atoms with van der Waals surface area (Å²) in [6, 6.07) is 11.3. The summed E-state index contributed by atoms with van der Waals surface area (Å²) in [5.74, 6) is 0.0860. The van der Waals surface area contributed by atoms with Gasteiger partial charge in [-0.05, 0) is 56.9 Å². The zero-order valence-electron chi connectivity index (χ0n) is 21.0. The summed E-state index contributed by atoms with van der Waals surface area (Å²) < 4.78 is 16.6. The molecular weight excluding hydrogens is 448 g/mol. The van der Waals surface area contributed by atoms with Crippen molar-refractivity contribution in [3.8, 4) is 17.2 Å². The van der Waals surface area contributed by atoms with Gasteiger partial charge >= 0.3 is 0 Å². The Kier molecular flexibility index (Phi) is 8.76. The van der Waals surface area contributed by atoms with Crippen LogP contribution in [0.1, 0.15) is 36.9 Å². The average molecular weight is 483 g/mol. The van der Waals surface area contributed by atoms with Crippen molar-refractivity contribution < 1.29 is 28.9 Å². The highest BCUT2D eigenvalue weighted by atomic mass is 16.5. The fraction of sp³-hybridized carbons (Fsp3) is 0.407. The molecule has 1 fully saturated rings.